The van der Waals surface area contributed by atoms with Crippen molar-refractivity contribution in [2.45, 2.75) is 19.8 Å². The number of aryl methyl sites for hydroxylation is 1. The molecule has 0 unspecified atom stereocenters. The zero-order chi connectivity index (χ0) is 12.3. The Morgan fingerprint density at radius 3 is 3.00 bits per heavy atom. The molecule has 1 heterocycles. The van der Waals surface area contributed by atoms with Crippen LogP contribution < -0.4 is 11.1 Å². The molecule has 0 saturated carbocycles. The number of aromatic nitrogens is 1. The summed E-state index contributed by atoms with van der Waals surface area (Å²) in [6.07, 6.45) is 1.18. The Balaban J connectivity index is 0.00000162. The molecule has 1 aromatic carbocycles. The first kappa shape index (κ1) is 14.9. The average molecular weight is 286 g/mol. The Morgan fingerprint density at radius 2 is 2.28 bits per heavy atom. The van der Waals surface area contributed by atoms with Crippen LogP contribution in [-0.2, 0) is 4.79 Å². The van der Waals surface area contributed by atoms with E-state index in [4.69, 9.17) is 5.73 Å². The van der Waals surface area contributed by atoms with Gasteiger partial charge >= 0.3 is 0 Å². The molecule has 0 aliphatic carbocycles. The maximum atomic E-state index is 11.5. The number of carbonyl (C=O) groups is 1. The van der Waals surface area contributed by atoms with Gasteiger partial charge in [0, 0.05) is 12.1 Å². The van der Waals surface area contributed by atoms with Crippen molar-refractivity contribution in [2.24, 2.45) is 5.73 Å². The predicted molar refractivity (Wildman–Crippen MR) is 78.5 cm³/mol. The lowest BCUT2D eigenvalue weighted by Crippen LogP contribution is -2.13. The molecular formula is C12H16ClN3OS. The molecule has 0 saturated heterocycles. The monoisotopic (exact) mass is 285 g/mol. The molecule has 0 fully saturated rings. The number of hydrogen-bond acceptors (Lipinski definition) is 4. The van der Waals surface area contributed by atoms with Crippen molar-refractivity contribution in [1.29, 1.82) is 0 Å². The van der Waals surface area contributed by atoms with E-state index in [2.05, 4.69) is 10.3 Å². The molecule has 0 spiro atoms. The third-order valence-corrected chi connectivity index (χ3v) is 3.32. The molecule has 0 aliphatic heterocycles. The van der Waals surface area contributed by atoms with Crippen LogP contribution >= 0.6 is 23.7 Å². The van der Waals surface area contributed by atoms with E-state index in [1.165, 1.54) is 0 Å². The second-order valence-electron chi connectivity index (χ2n) is 3.86. The Kier molecular flexibility index (Phi) is 5.53. The molecule has 1 amide bonds. The predicted octanol–water partition coefficient (Wildman–Crippen LogP) is 2.70. The second kappa shape index (κ2) is 6.68. The Labute approximate surface area is 116 Å². The van der Waals surface area contributed by atoms with Crippen LogP contribution in [-0.4, -0.2) is 17.4 Å². The lowest BCUT2D eigenvalue weighted by Gasteiger charge is -2.04. The molecule has 2 rings (SSSR count). The van der Waals surface area contributed by atoms with Crippen LogP contribution in [0.15, 0.2) is 18.2 Å². The number of amides is 1. The number of rotatable bonds is 4. The highest BCUT2D eigenvalue weighted by molar-refractivity contribution is 7.18. The number of nitrogens with two attached hydrogens (primary N) is 1. The molecule has 0 aliphatic rings. The number of hydrogen-bond donors (Lipinski definition) is 2. The van der Waals surface area contributed by atoms with Crippen LogP contribution in [0.3, 0.4) is 0 Å². The van der Waals surface area contributed by atoms with Crippen molar-refractivity contribution in [3.63, 3.8) is 0 Å². The summed E-state index contributed by atoms with van der Waals surface area (Å²) in [6, 6.07) is 5.76. The molecular weight excluding hydrogens is 270 g/mol. The van der Waals surface area contributed by atoms with Crippen molar-refractivity contribution in [1.82, 2.24) is 4.98 Å². The number of thiazole rings is 1. The highest BCUT2D eigenvalue weighted by Crippen LogP contribution is 2.24. The van der Waals surface area contributed by atoms with E-state index >= 15 is 0 Å². The van der Waals surface area contributed by atoms with Gasteiger partial charge in [-0.05, 0) is 38.1 Å². The van der Waals surface area contributed by atoms with E-state index in [0.717, 1.165) is 20.9 Å². The van der Waals surface area contributed by atoms with Crippen molar-refractivity contribution in [2.75, 3.05) is 11.9 Å². The fourth-order valence-electron chi connectivity index (χ4n) is 1.60. The van der Waals surface area contributed by atoms with E-state index in [1.54, 1.807) is 11.3 Å². The minimum atomic E-state index is 0. The number of benzene rings is 1. The van der Waals surface area contributed by atoms with Crippen molar-refractivity contribution in [3.05, 3.63) is 23.2 Å². The maximum absolute atomic E-state index is 11.5. The van der Waals surface area contributed by atoms with Gasteiger partial charge < -0.3 is 11.1 Å². The summed E-state index contributed by atoms with van der Waals surface area (Å²) in [4.78, 5) is 15.9. The molecule has 0 radical (unpaired) electrons. The molecule has 98 valence electrons. The lowest BCUT2D eigenvalue weighted by atomic mass is 10.2. The van der Waals surface area contributed by atoms with Crippen LogP contribution in [0.25, 0.3) is 10.2 Å². The van der Waals surface area contributed by atoms with E-state index < -0.39 is 0 Å². The van der Waals surface area contributed by atoms with E-state index in [-0.39, 0.29) is 18.3 Å². The van der Waals surface area contributed by atoms with Crippen LogP contribution in [0.1, 0.15) is 17.8 Å². The zero-order valence-corrected chi connectivity index (χ0v) is 11.7. The number of halogens is 1. The number of nitrogens with one attached hydrogen (secondary N) is 1. The molecule has 18 heavy (non-hydrogen) atoms. The summed E-state index contributed by atoms with van der Waals surface area (Å²) in [6.45, 7) is 2.52. The van der Waals surface area contributed by atoms with Gasteiger partial charge in [0.1, 0.15) is 0 Å². The summed E-state index contributed by atoms with van der Waals surface area (Å²) in [7, 11) is 0. The minimum Gasteiger partial charge on any atom is -0.330 e. The van der Waals surface area contributed by atoms with Crippen LogP contribution in [0.5, 0.6) is 0 Å². The standard InChI is InChI=1S/C12H15N3OS.ClH/c1-8-14-10-5-4-9(7-11(10)17-8)15-12(16)3-2-6-13;/h4-5,7H,2-3,6,13H2,1H3,(H,15,16);1H. The highest BCUT2D eigenvalue weighted by Gasteiger charge is 2.04. The molecule has 4 nitrogen and oxygen atoms in total. The first-order chi connectivity index (χ1) is 8.19. The lowest BCUT2D eigenvalue weighted by molar-refractivity contribution is -0.116. The maximum Gasteiger partial charge on any atom is 0.224 e. The fourth-order valence-corrected chi connectivity index (χ4v) is 2.47. The van der Waals surface area contributed by atoms with E-state index in [1.807, 2.05) is 25.1 Å². The van der Waals surface area contributed by atoms with Gasteiger partial charge in [0.2, 0.25) is 5.91 Å². The zero-order valence-electron chi connectivity index (χ0n) is 10.1. The van der Waals surface area contributed by atoms with Gasteiger partial charge in [-0.25, -0.2) is 4.98 Å². The van der Waals surface area contributed by atoms with Crippen LogP contribution in [0.2, 0.25) is 0 Å². The van der Waals surface area contributed by atoms with Crippen molar-refractivity contribution < 1.29 is 4.79 Å². The highest BCUT2D eigenvalue weighted by atomic mass is 35.5. The Morgan fingerprint density at radius 1 is 1.50 bits per heavy atom. The summed E-state index contributed by atoms with van der Waals surface area (Å²) in [5.74, 6) is 0.0102. The number of nitrogens with zero attached hydrogens (tertiary/aromatic N) is 1. The third kappa shape index (κ3) is 3.66. The normalized spacial score (nSPS) is 10.1. The fraction of sp³-hybridized carbons (Fsp3) is 0.333. The number of fused-ring (bicyclic) bond motifs is 1. The van der Waals surface area contributed by atoms with E-state index in [9.17, 15) is 4.79 Å². The molecule has 0 atom stereocenters. The van der Waals surface area contributed by atoms with Crippen LogP contribution in [0.4, 0.5) is 5.69 Å². The minimum absolute atomic E-state index is 0. The number of carbonyl (C=O) groups excluding carboxylic acids is 1. The average Bonchev–Trinajstić information content (AvgIpc) is 2.65. The molecule has 0 bridgehead atoms. The largest absolute Gasteiger partial charge is 0.330 e. The van der Waals surface area contributed by atoms with Gasteiger partial charge in [-0.1, -0.05) is 0 Å². The van der Waals surface area contributed by atoms with Crippen molar-refractivity contribution >= 4 is 45.6 Å². The van der Waals surface area contributed by atoms with Gasteiger partial charge in [-0.15, -0.1) is 23.7 Å². The van der Waals surface area contributed by atoms with Gasteiger partial charge in [-0.2, -0.15) is 0 Å². The smallest absolute Gasteiger partial charge is 0.224 e. The summed E-state index contributed by atoms with van der Waals surface area (Å²) in [5, 5.41) is 3.90. The summed E-state index contributed by atoms with van der Waals surface area (Å²) >= 11 is 1.63. The quantitative estimate of drug-likeness (QED) is 0.907. The topological polar surface area (TPSA) is 68.0 Å². The Hall–Kier alpha value is -1.17. The molecule has 6 heteroatoms. The Bertz CT molecular complexity index is 541. The molecule has 1 aromatic heterocycles. The van der Waals surface area contributed by atoms with E-state index in [0.29, 0.717) is 19.4 Å². The van der Waals surface area contributed by atoms with Crippen molar-refractivity contribution in [3.8, 4) is 0 Å². The first-order valence-corrected chi connectivity index (χ1v) is 6.38. The summed E-state index contributed by atoms with van der Waals surface area (Å²) in [5.41, 5.74) is 7.16. The van der Waals surface area contributed by atoms with Gasteiger partial charge in [0.25, 0.3) is 0 Å². The number of anilines is 1. The van der Waals surface area contributed by atoms with Crippen LogP contribution in [0, 0.1) is 6.92 Å². The summed E-state index contributed by atoms with van der Waals surface area (Å²) < 4.78 is 1.10. The molecule has 3 N–H and O–H groups in total. The molecule has 2 aromatic rings. The second-order valence-corrected chi connectivity index (χ2v) is 5.09. The third-order valence-electron chi connectivity index (χ3n) is 2.39. The van der Waals surface area contributed by atoms with Gasteiger partial charge in [0.05, 0.1) is 15.2 Å². The SMILES string of the molecule is Cc1nc2ccc(NC(=O)CCCN)cc2s1.Cl. The first-order valence-electron chi connectivity index (χ1n) is 5.56. The van der Waals surface area contributed by atoms with Gasteiger partial charge in [0.15, 0.2) is 0 Å². The van der Waals surface area contributed by atoms with Gasteiger partial charge in [-0.3, -0.25) is 4.79 Å².